The zero-order valence-electron chi connectivity index (χ0n) is 13.7. The molecule has 0 aromatic heterocycles. The van der Waals surface area contributed by atoms with Gasteiger partial charge in [0.25, 0.3) is 0 Å². The number of Topliss-reactive ketones (excluding diaryl/α,β-unsaturated/α-hetero) is 1. The quantitative estimate of drug-likeness (QED) is 0.681. The van der Waals surface area contributed by atoms with Gasteiger partial charge in [0.15, 0.2) is 5.78 Å². The third kappa shape index (κ3) is 5.73. The van der Waals surface area contributed by atoms with Gasteiger partial charge in [-0.3, -0.25) is 9.59 Å². The summed E-state index contributed by atoms with van der Waals surface area (Å²) in [7, 11) is 1.54. The first-order valence-corrected chi connectivity index (χ1v) is 7.58. The fourth-order valence-electron chi connectivity index (χ4n) is 2.08. The fraction of sp³-hybridized carbons (Fsp3) is 0.471. The number of hydrogen-bond donors (Lipinski definition) is 2. The summed E-state index contributed by atoms with van der Waals surface area (Å²) in [4.78, 5) is 35.1. The number of carbonyl (C=O) groups is 3. The second kappa shape index (κ2) is 8.92. The highest BCUT2D eigenvalue weighted by Crippen LogP contribution is 2.14. The first kappa shape index (κ1) is 18.7. The number of rotatable bonds is 9. The number of benzene rings is 1. The molecule has 1 aromatic rings. The maximum Gasteiger partial charge on any atom is 0.326 e. The standard InChI is InChI=1S/C17H23NO5/c1-4-11(2)16(17(21)22)18-15(20)10-9-14(19)12-5-7-13(23-3)8-6-12/h5-8,11,16H,4,9-10H2,1-3H3,(H,18,20)(H,21,22). The number of ether oxygens (including phenoxy) is 1. The molecule has 1 amide bonds. The number of carboxylic acid groups (broad SMARTS) is 1. The number of ketones is 1. The number of carbonyl (C=O) groups excluding carboxylic acids is 2. The molecule has 0 saturated carbocycles. The van der Waals surface area contributed by atoms with Gasteiger partial charge in [-0.2, -0.15) is 0 Å². The smallest absolute Gasteiger partial charge is 0.326 e. The molecule has 0 saturated heterocycles. The van der Waals surface area contributed by atoms with Crippen LogP contribution in [0.2, 0.25) is 0 Å². The molecule has 0 aliphatic carbocycles. The molecule has 0 aliphatic rings. The first-order valence-electron chi connectivity index (χ1n) is 7.58. The highest BCUT2D eigenvalue weighted by Gasteiger charge is 2.25. The van der Waals surface area contributed by atoms with Gasteiger partial charge in [-0.1, -0.05) is 20.3 Å². The Labute approximate surface area is 135 Å². The average Bonchev–Trinajstić information content (AvgIpc) is 2.56. The van der Waals surface area contributed by atoms with Crippen molar-refractivity contribution in [2.75, 3.05) is 7.11 Å². The Hall–Kier alpha value is -2.37. The molecule has 6 nitrogen and oxygen atoms in total. The van der Waals surface area contributed by atoms with Crippen LogP contribution in [0.15, 0.2) is 24.3 Å². The molecule has 0 aliphatic heterocycles. The van der Waals surface area contributed by atoms with Crippen LogP contribution in [0.1, 0.15) is 43.5 Å². The molecule has 2 atom stereocenters. The van der Waals surface area contributed by atoms with Crippen molar-refractivity contribution in [3.8, 4) is 5.75 Å². The molecule has 0 spiro atoms. The second-order valence-corrected chi connectivity index (χ2v) is 5.42. The summed E-state index contributed by atoms with van der Waals surface area (Å²) in [6, 6.07) is 5.70. The second-order valence-electron chi connectivity index (χ2n) is 5.42. The Bertz CT molecular complexity index is 553. The number of nitrogens with one attached hydrogen (secondary N) is 1. The van der Waals surface area contributed by atoms with Crippen LogP contribution in [0.3, 0.4) is 0 Å². The van der Waals surface area contributed by atoms with Gasteiger partial charge in [-0.15, -0.1) is 0 Å². The maximum atomic E-state index is 12.0. The van der Waals surface area contributed by atoms with E-state index < -0.39 is 17.9 Å². The van der Waals surface area contributed by atoms with Crippen molar-refractivity contribution < 1.29 is 24.2 Å². The van der Waals surface area contributed by atoms with Gasteiger partial charge in [-0.05, 0) is 30.2 Å². The molecule has 1 aromatic carbocycles. The van der Waals surface area contributed by atoms with Crippen molar-refractivity contribution >= 4 is 17.7 Å². The van der Waals surface area contributed by atoms with E-state index in [4.69, 9.17) is 9.84 Å². The third-order valence-electron chi connectivity index (χ3n) is 3.79. The van der Waals surface area contributed by atoms with Crippen LogP contribution in [0.25, 0.3) is 0 Å². The minimum absolute atomic E-state index is 0.0327. The van der Waals surface area contributed by atoms with E-state index in [-0.39, 0.29) is 24.5 Å². The molecule has 0 fully saturated rings. The van der Waals surface area contributed by atoms with Crippen LogP contribution in [0.4, 0.5) is 0 Å². The van der Waals surface area contributed by atoms with Gasteiger partial charge in [0.1, 0.15) is 11.8 Å². The van der Waals surface area contributed by atoms with Gasteiger partial charge in [0, 0.05) is 18.4 Å². The van der Waals surface area contributed by atoms with Crippen LogP contribution < -0.4 is 10.1 Å². The van der Waals surface area contributed by atoms with E-state index in [1.807, 2.05) is 6.92 Å². The number of carboxylic acids is 1. The third-order valence-corrected chi connectivity index (χ3v) is 3.79. The van der Waals surface area contributed by atoms with E-state index in [0.29, 0.717) is 17.7 Å². The number of aliphatic carboxylic acids is 1. The number of amides is 1. The number of methoxy groups -OCH3 is 1. The molecular weight excluding hydrogens is 298 g/mol. The average molecular weight is 321 g/mol. The van der Waals surface area contributed by atoms with Crippen LogP contribution in [0.5, 0.6) is 5.75 Å². The van der Waals surface area contributed by atoms with E-state index >= 15 is 0 Å². The molecule has 23 heavy (non-hydrogen) atoms. The van der Waals surface area contributed by atoms with E-state index in [1.54, 1.807) is 31.2 Å². The van der Waals surface area contributed by atoms with E-state index in [2.05, 4.69) is 5.32 Å². The molecular formula is C17H23NO5. The zero-order chi connectivity index (χ0) is 17.4. The molecule has 0 radical (unpaired) electrons. The lowest BCUT2D eigenvalue weighted by atomic mass is 9.99. The van der Waals surface area contributed by atoms with Crippen LogP contribution in [-0.4, -0.2) is 35.9 Å². The monoisotopic (exact) mass is 321 g/mol. The Morgan fingerprint density at radius 1 is 1.17 bits per heavy atom. The molecule has 2 N–H and O–H groups in total. The van der Waals surface area contributed by atoms with E-state index in [9.17, 15) is 14.4 Å². The van der Waals surface area contributed by atoms with Gasteiger partial charge >= 0.3 is 5.97 Å². The van der Waals surface area contributed by atoms with Gasteiger partial charge in [-0.25, -0.2) is 4.79 Å². The summed E-state index contributed by atoms with van der Waals surface area (Å²) < 4.78 is 5.02. The summed E-state index contributed by atoms with van der Waals surface area (Å²) in [5, 5.41) is 11.6. The summed E-state index contributed by atoms with van der Waals surface area (Å²) in [5.74, 6) is -1.18. The molecule has 1 rings (SSSR count). The molecule has 126 valence electrons. The van der Waals surface area contributed by atoms with Crippen LogP contribution in [0, 0.1) is 5.92 Å². The molecule has 0 heterocycles. The zero-order valence-corrected chi connectivity index (χ0v) is 13.7. The van der Waals surface area contributed by atoms with Crippen LogP contribution in [-0.2, 0) is 9.59 Å². The molecule has 6 heteroatoms. The van der Waals surface area contributed by atoms with Gasteiger partial charge < -0.3 is 15.2 Å². The SMILES string of the molecule is CCC(C)C(NC(=O)CCC(=O)c1ccc(OC)cc1)C(=O)O. The van der Waals surface area contributed by atoms with Gasteiger partial charge in [0.2, 0.25) is 5.91 Å². The summed E-state index contributed by atoms with van der Waals surface area (Å²) in [5.41, 5.74) is 0.496. The Kier molecular flexibility index (Phi) is 7.25. The number of hydrogen-bond acceptors (Lipinski definition) is 4. The Morgan fingerprint density at radius 2 is 1.78 bits per heavy atom. The van der Waals surface area contributed by atoms with E-state index in [0.717, 1.165) is 0 Å². The Balaban J connectivity index is 2.54. The van der Waals surface area contributed by atoms with Crippen molar-refractivity contribution in [2.45, 2.75) is 39.2 Å². The minimum atomic E-state index is -1.06. The van der Waals surface area contributed by atoms with Crippen molar-refractivity contribution in [3.63, 3.8) is 0 Å². The Morgan fingerprint density at radius 3 is 2.26 bits per heavy atom. The van der Waals surface area contributed by atoms with Crippen molar-refractivity contribution in [1.29, 1.82) is 0 Å². The topological polar surface area (TPSA) is 92.7 Å². The van der Waals surface area contributed by atoms with Crippen LogP contribution >= 0.6 is 0 Å². The lowest BCUT2D eigenvalue weighted by Crippen LogP contribution is -2.45. The lowest BCUT2D eigenvalue weighted by Gasteiger charge is -2.20. The normalized spacial score (nSPS) is 13.0. The van der Waals surface area contributed by atoms with Crippen molar-refractivity contribution in [3.05, 3.63) is 29.8 Å². The highest BCUT2D eigenvalue weighted by atomic mass is 16.5. The largest absolute Gasteiger partial charge is 0.497 e. The van der Waals surface area contributed by atoms with Crippen molar-refractivity contribution in [2.24, 2.45) is 5.92 Å². The summed E-state index contributed by atoms with van der Waals surface area (Å²) in [6.07, 6.45) is 0.637. The molecule has 2 unspecified atom stereocenters. The first-order chi connectivity index (χ1) is 10.9. The van der Waals surface area contributed by atoms with Gasteiger partial charge in [0.05, 0.1) is 7.11 Å². The minimum Gasteiger partial charge on any atom is -0.497 e. The highest BCUT2D eigenvalue weighted by molar-refractivity contribution is 5.98. The fourth-order valence-corrected chi connectivity index (χ4v) is 2.08. The lowest BCUT2D eigenvalue weighted by molar-refractivity contribution is -0.143. The van der Waals surface area contributed by atoms with Crippen molar-refractivity contribution in [1.82, 2.24) is 5.32 Å². The predicted octanol–water partition coefficient (Wildman–Crippen LogP) is 2.27. The van der Waals surface area contributed by atoms with E-state index in [1.165, 1.54) is 7.11 Å². The molecule has 0 bridgehead atoms. The maximum absolute atomic E-state index is 12.0. The summed E-state index contributed by atoms with van der Waals surface area (Å²) >= 11 is 0. The predicted molar refractivity (Wildman–Crippen MR) is 85.6 cm³/mol. The summed E-state index contributed by atoms with van der Waals surface area (Å²) in [6.45, 7) is 3.63.